The van der Waals surface area contributed by atoms with Crippen LogP contribution in [0.3, 0.4) is 0 Å². The van der Waals surface area contributed by atoms with E-state index < -0.39 is 12.8 Å². The first-order valence-electron chi connectivity index (χ1n) is 9.31. The molecule has 1 atom stereocenters. The zero-order chi connectivity index (χ0) is 24.2. The number of carbonyl (C=O) groups is 1. The molecule has 12 heteroatoms. The van der Waals surface area contributed by atoms with Crippen molar-refractivity contribution in [1.82, 2.24) is 15.0 Å². The summed E-state index contributed by atoms with van der Waals surface area (Å²) in [5, 5.41) is -0.413. The number of aromatic nitrogens is 3. The lowest BCUT2D eigenvalue weighted by Gasteiger charge is -2.16. The normalized spacial score (nSPS) is 12.9. The molecule has 0 aliphatic rings. The third-order valence-corrected chi connectivity index (χ3v) is 6.23. The first kappa shape index (κ1) is 26.6. The van der Waals surface area contributed by atoms with Gasteiger partial charge in [-0.05, 0) is 24.6 Å². The third-order valence-electron chi connectivity index (χ3n) is 4.12. The number of ether oxygens (including phenoxy) is 1. The average molecular weight is 586 g/mol. The first-order valence-corrected chi connectivity index (χ1v) is 12.5. The van der Waals surface area contributed by atoms with Gasteiger partial charge in [0.25, 0.3) is 0 Å². The van der Waals surface area contributed by atoms with Crippen molar-refractivity contribution in [1.29, 1.82) is 0 Å². The molecule has 0 N–H and O–H groups in total. The number of benzene rings is 2. The van der Waals surface area contributed by atoms with Crippen LogP contribution in [0.5, 0.6) is 0 Å². The maximum absolute atomic E-state index is 12.3. The van der Waals surface area contributed by atoms with Crippen LogP contribution in [0.25, 0.3) is 11.4 Å². The number of halogens is 6. The van der Waals surface area contributed by atoms with Crippen LogP contribution in [0.1, 0.15) is 24.1 Å². The van der Waals surface area contributed by atoms with Gasteiger partial charge in [-0.15, -0.1) is 11.8 Å². The molecule has 0 aliphatic heterocycles. The van der Waals surface area contributed by atoms with E-state index in [2.05, 4.69) is 15.0 Å². The Morgan fingerprint density at radius 1 is 0.879 bits per heavy atom. The van der Waals surface area contributed by atoms with Gasteiger partial charge in [0.1, 0.15) is 11.9 Å². The summed E-state index contributed by atoms with van der Waals surface area (Å²) in [5.74, 6) is -0.497. The van der Waals surface area contributed by atoms with Gasteiger partial charge in [0.2, 0.25) is 7.59 Å². The average Bonchev–Trinajstić information content (AvgIpc) is 2.77. The van der Waals surface area contributed by atoms with Gasteiger partial charge in [-0.1, -0.05) is 112 Å². The lowest BCUT2D eigenvalue weighted by Crippen LogP contribution is -2.17. The van der Waals surface area contributed by atoms with E-state index in [4.69, 9.17) is 74.3 Å². The summed E-state index contributed by atoms with van der Waals surface area (Å²) in [6.07, 6.45) is 0. The van der Waals surface area contributed by atoms with E-state index in [1.807, 2.05) is 30.3 Å². The molecule has 3 aromatic rings. The molecule has 0 saturated heterocycles. The number of esters is 1. The van der Waals surface area contributed by atoms with E-state index in [0.717, 1.165) is 10.5 Å². The fourth-order valence-corrected chi connectivity index (χ4v) is 3.91. The van der Waals surface area contributed by atoms with E-state index in [0.29, 0.717) is 5.56 Å². The van der Waals surface area contributed by atoms with Crippen molar-refractivity contribution < 1.29 is 9.53 Å². The minimum atomic E-state index is -1.94. The molecule has 5 nitrogen and oxygen atoms in total. The highest BCUT2D eigenvalue weighted by atomic mass is 35.6. The lowest BCUT2D eigenvalue weighted by atomic mass is 10.2. The highest BCUT2D eigenvalue weighted by Crippen LogP contribution is 2.40. The SMILES string of the molecule is CC(Sc1ccc(-c2nc(C(Cl)(Cl)Cl)nc(C(Cl)(Cl)Cl)n2)cc1)C(=O)OCc1ccccc1. The molecule has 3 rings (SSSR count). The Morgan fingerprint density at radius 2 is 1.42 bits per heavy atom. The Labute approximate surface area is 225 Å². The molecule has 0 aliphatic carbocycles. The minimum Gasteiger partial charge on any atom is -0.460 e. The standard InChI is InChI=1S/C21H15Cl6N3O2S/c1-12(17(31)32-11-13-5-3-2-4-6-13)33-15-9-7-14(8-10-15)16-28-18(20(22,23)24)30-19(29-16)21(25,26)27/h2-10,12H,11H2,1H3. The minimum absolute atomic E-state index is 0.166. The van der Waals surface area contributed by atoms with Crippen LogP contribution in [0, 0.1) is 0 Å². The predicted octanol–water partition coefficient (Wildman–Crippen LogP) is 7.42. The molecule has 1 aromatic heterocycles. The van der Waals surface area contributed by atoms with Crippen molar-refractivity contribution in [3.05, 3.63) is 71.8 Å². The summed E-state index contributed by atoms with van der Waals surface area (Å²) in [6.45, 7) is 2.00. The molecule has 0 saturated carbocycles. The number of carbonyl (C=O) groups excluding carboxylic acids is 1. The van der Waals surface area contributed by atoms with Crippen LogP contribution in [0.15, 0.2) is 59.5 Å². The first-order chi connectivity index (χ1) is 15.4. The van der Waals surface area contributed by atoms with Gasteiger partial charge < -0.3 is 4.74 Å². The molecular weight excluding hydrogens is 571 g/mol. The van der Waals surface area contributed by atoms with Gasteiger partial charge in [-0.25, -0.2) is 15.0 Å². The second-order valence-electron chi connectivity index (χ2n) is 6.68. The summed E-state index contributed by atoms with van der Waals surface area (Å²) >= 11 is 36.9. The Balaban J connectivity index is 1.72. The topological polar surface area (TPSA) is 65.0 Å². The Morgan fingerprint density at radius 3 is 1.94 bits per heavy atom. The van der Waals surface area contributed by atoms with Crippen molar-refractivity contribution in [2.45, 2.75) is 31.3 Å². The number of hydrogen-bond acceptors (Lipinski definition) is 6. The highest BCUT2D eigenvalue weighted by Gasteiger charge is 2.34. The Kier molecular flexibility index (Phi) is 9.00. The molecule has 1 unspecified atom stereocenters. The van der Waals surface area contributed by atoms with Crippen LogP contribution >= 0.6 is 81.4 Å². The van der Waals surface area contributed by atoms with Crippen molar-refractivity contribution in [3.63, 3.8) is 0 Å². The van der Waals surface area contributed by atoms with Crippen molar-refractivity contribution in [3.8, 4) is 11.4 Å². The van der Waals surface area contributed by atoms with E-state index in [-0.39, 0.29) is 30.0 Å². The summed E-state index contributed by atoms with van der Waals surface area (Å²) in [6, 6.07) is 16.6. The quantitative estimate of drug-likeness (QED) is 0.170. The monoisotopic (exact) mass is 583 g/mol. The van der Waals surface area contributed by atoms with Crippen LogP contribution < -0.4 is 0 Å². The number of alkyl halides is 6. The van der Waals surface area contributed by atoms with Crippen molar-refractivity contribution >= 4 is 87.3 Å². The van der Waals surface area contributed by atoms with Gasteiger partial charge in [0.15, 0.2) is 17.5 Å². The lowest BCUT2D eigenvalue weighted by molar-refractivity contribution is -0.143. The van der Waals surface area contributed by atoms with E-state index in [1.165, 1.54) is 11.8 Å². The second-order valence-corrected chi connectivity index (χ2v) is 12.7. The van der Waals surface area contributed by atoms with Crippen molar-refractivity contribution in [2.75, 3.05) is 0 Å². The smallest absolute Gasteiger partial charge is 0.319 e. The molecule has 0 fully saturated rings. The third kappa shape index (κ3) is 7.76. The summed E-state index contributed by atoms with van der Waals surface area (Å²) in [4.78, 5) is 25.5. The largest absolute Gasteiger partial charge is 0.460 e. The van der Waals surface area contributed by atoms with Crippen LogP contribution in [-0.4, -0.2) is 26.2 Å². The van der Waals surface area contributed by atoms with Crippen LogP contribution in [0.4, 0.5) is 0 Å². The molecule has 0 radical (unpaired) electrons. The number of thioether (sulfide) groups is 1. The fourth-order valence-electron chi connectivity index (χ4n) is 2.54. The van der Waals surface area contributed by atoms with Crippen LogP contribution in [0.2, 0.25) is 0 Å². The van der Waals surface area contributed by atoms with E-state index >= 15 is 0 Å². The maximum Gasteiger partial charge on any atom is 0.319 e. The molecule has 0 spiro atoms. The molecule has 174 valence electrons. The van der Waals surface area contributed by atoms with Crippen LogP contribution in [-0.2, 0) is 23.7 Å². The Bertz CT molecular complexity index is 1070. The van der Waals surface area contributed by atoms with E-state index in [9.17, 15) is 4.79 Å². The van der Waals surface area contributed by atoms with Crippen molar-refractivity contribution in [2.24, 2.45) is 0 Å². The molecule has 1 heterocycles. The van der Waals surface area contributed by atoms with Gasteiger partial charge >= 0.3 is 5.97 Å². The number of nitrogens with zero attached hydrogens (tertiary/aromatic N) is 3. The molecule has 0 bridgehead atoms. The van der Waals surface area contributed by atoms with E-state index in [1.54, 1.807) is 31.2 Å². The van der Waals surface area contributed by atoms with Gasteiger partial charge in [-0.2, -0.15) is 0 Å². The zero-order valence-corrected chi connectivity index (χ0v) is 22.2. The van der Waals surface area contributed by atoms with Gasteiger partial charge in [-0.3, -0.25) is 4.79 Å². The fraction of sp³-hybridized carbons (Fsp3) is 0.238. The molecule has 0 amide bonds. The highest BCUT2D eigenvalue weighted by molar-refractivity contribution is 8.00. The molecular formula is C21H15Cl6N3O2S. The zero-order valence-electron chi connectivity index (χ0n) is 16.8. The summed E-state index contributed by atoms with van der Waals surface area (Å²) in [7, 11) is 0. The predicted molar refractivity (Wildman–Crippen MR) is 135 cm³/mol. The molecule has 33 heavy (non-hydrogen) atoms. The molecule has 2 aromatic carbocycles. The van der Waals surface area contributed by atoms with Gasteiger partial charge in [0, 0.05) is 10.5 Å². The Hall–Kier alpha value is -0.990. The maximum atomic E-state index is 12.3. The number of hydrogen-bond donors (Lipinski definition) is 0. The summed E-state index contributed by atoms with van der Waals surface area (Å²) < 4.78 is 1.51. The number of rotatable bonds is 6. The van der Waals surface area contributed by atoms with Gasteiger partial charge in [0.05, 0.1) is 0 Å². The summed E-state index contributed by atoms with van der Waals surface area (Å²) in [5.41, 5.74) is 1.50. The second kappa shape index (κ2) is 11.2.